The smallest absolute Gasteiger partial charge is 0.406 e. The highest BCUT2D eigenvalue weighted by molar-refractivity contribution is 5.87. The molecule has 1 N–H and O–H groups in total. The number of ether oxygens (including phenoxy) is 1. The molecule has 1 amide bonds. The third kappa shape index (κ3) is 4.90. The van der Waals surface area contributed by atoms with Crippen LogP contribution in [0.5, 0.6) is 5.75 Å². The molecule has 0 spiro atoms. The fourth-order valence-corrected chi connectivity index (χ4v) is 2.39. The number of likely N-dealkylation sites (tertiary alicyclic amines) is 1. The van der Waals surface area contributed by atoms with Crippen molar-refractivity contribution < 1.29 is 36.4 Å². The fraction of sp³-hybridized carbons (Fsp3) is 0.462. The second-order valence-corrected chi connectivity index (χ2v) is 5.18. The van der Waals surface area contributed by atoms with Gasteiger partial charge in [-0.05, 0) is 12.5 Å². The van der Waals surface area contributed by atoms with Gasteiger partial charge in [0.05, 0.1) is 4.92 Å². The number of nitro groups is 1. The summed E-state index contributed by atoms with van der Waals surface area (Å²) in [5.74, 6) is -1.52. The molecule has 1 fully saturated rings. The topological polar surface area (TPSA) is 84.7 Å². The Balaban J connectivity index is 2.12. The van der Waals surface area contributed by atoms with E-state index in [4.69, 9.17) is 0 Å². The van der Waals surface area contributed by atoms with Crippen LogP contribution in [0.3, 0.4) is 0 Å². The summed E-state index contributed by atoms with van der Waals surface area (Å²) >= 11 is 0. The van der Waals surface area contributed by atoms with Crippen molar-refractivity contribution in [2.24, 2.45) is 0 Å². The van der Waals surface area contributed by atoms with Gasteiger partial charge < -0.3 is 15.0 Å². The number of rotatable bonds is 6. The number of hydrogen-bond donors (Lipinski definition) is 1. The van der Waals surface area contributed by atoms with Crippen molar-refractivity contribution in [2.45, 2.75) is 25.3 Å². The number of carbonyl (C=O) groups excluding carboxylic acids is 1. The SMILES string of the molecule is O=C1C(Nc2ccc([N+](=O)[O-])c(OC(F)F)c2)CCN1CC(F)(F)F. The minimum Gasteiger partial charge on any atom is -0.427 e. The number of hydrogen-bond acceptors (Lipinski definition) is 5. The van der Waals surface area contributed by atoms with E-state index in [1.807, 2.05) is 0 Å². The largest absolute Gasteiger partial charge is 0.427 e. The number of anilines is 1. The number of nitro benzene ring substituents is 1. The molecule has 138 valence electrons. The lowest BCUT2D eigenvalue weighted by molar-refractivity contribution is -0.386. The van der Waals surface area contributed by atoms with Crippen LogP contribution in [-0.4, -0.2) is 47.6 Å². The minimum absolute atomic E-state index is 0.0356. The first-order valence-corrected chi connectivity index (χ1v) is 6.92. The van der Waals surface area contributed by atoms with Crippen LogP contribution in [0.1, 0.15) is 6.42 Å². The molecular formula is C13H12F5N3O4. The van der Waals surface area contributed by atoms with E-state index in [1.54, 1.807) is 0 Å². The normalized spacial score (nSPS) is 17.9. The van der Waals surface area contributed by atoms with E-state index in [1.165, 1.54) is 0 Å². The summed E-state index contributed by atoms with van der Waals surface area (Å²) in [5.41, 5.74) is -0.671. The van der Waals surface area contributed by atoms with E-state index in [0.717, 1.165) is 18.2 Å². The molecule has 1 aliphatic rings. The zero-order chi connectivity index (χ0) is 18.8. The second kappa shape index (κ2) is 7.07. The van der Waals surface area contributed by atoms with Gasteiger partial charge >= 0.3 is 18.5 Å². The molecule has 1 unspecified atom stereocenters. The number of alkyl halides is 5. The molecule has 1 aromatic rings. The summed E-state index contributed by atoms with van der Waals surface area (Å²) in [6.45, 7) is -4.81. The third-order valence-corrected chi connectivity index (χ3v) is 3.38. The Kier molecular flexibility index (Phi) is 5.28. The van der Waals surface area contributed by atoms with Gasteiger partial charge in [-0.25, -0.2) is 0 Å². The van der Waals surface area contributed by atoms with Crippen LogP contribution in [0.4, 0.5) is 33.3 Å². The van der Waals surface area contributed by atoms with E-state index in [9.17, 15) is 36.9 Å². The van der Waals surface area contributed by atoms with Crippen LogP contribution in [0, 0.1) is 10.1 Å². The lowest BCUT2D eigenvalue weighted by Gasteiger charge is -2.19. The zero-order valence-corrected chi connectivity index (χ0v) is 12.4. The molecule has 0 bridgehead atoms. The lowest BCUT2D eigenvalue weighted by Crippen LogP contribution is -2.39. The van der Waals surface area contributed by atoms with E-state index >= 15 is 0 Å². The average Bonchev–Trinajstić information content (AvgIpc) is 2.78. The van der Waals surface area contributed by atoms with Crippen LogP contribution in [0.25, 0.3) is 0 Å². The lowest BCUT2D eigenvalue weighted by atomic mass is 10.2. The average molecular weight is 369 g/mol. The predicted molar refractivity (Wildman–Crippen MR) is 74.4 cm³/mol. The number of nitrogens with zero attached hydrogens (tertiary/aromatic N) is 2. The molecule has 0 aromatic heterocycles. The Hall–Kier alpha value is -2.66. The molecule has 7 nitrogen and oxygen atoms in total. The first-order chi connectivity index (χ1) is 11.6. The Labute approximate surface area is 137 Å². The van der Waals surface area contributed by atoms with Gasteiger partial charge in [0.15, 0.2) is 0 Å². The Morgan fingerprint density at radius 1 is 1.40 bits per heavy atom. The van der Waals surface area contributed by atoms with Gasteiger partial charge in [-0.3, -0.25) is 14.9 Å². The van der Waals surface area contributed by atoms with Crippen LogP contribution in [-0.2, 0) is 4.79 Å². The van der Waals surface area contributed by atoms with Gasteiger partial charge in [-0.2, -0.15) is 22.0 Å². The highest BCUT2D eigenvalue weighted by Gasteiger charge is 2.39. The van der Waals surface area contributed by atoms with Gasteiger partial charge in [0.2, 0.25) is 11.7 Å². The molecule has 0 saturated carbocycles. The van der Waals surface area contributed by atoms with E-state index in [-0.39, 0.29) is 18.7 Å². The van der Waals surface area contributed by atoms with Gasteiger partial charge in [0.1, 0.15) is 12.6 Å². The molecule has 1 aliphatic heterocycles. The molecule has 2 rings (SSSR count). The minimum atomic E-state index is -4.53. The zero-order valence-electron chi connectivity index (χ0n) is 12.4. The van der Waals surface area contributed by atoms with Crippen molar-refractivity contribution in [3.05, 3.63) is 28.3 Å². The maximum atomic E-state index is 12.4. The Bertz CT molecular complexity index is 668. The number of halogens is 5. The highest BCUT2D eigenvalue weighted by Crippen LogP contribution is 2.32. The summed E-state index contributed by atoms with van der Waals surface area (Å²) in [5, 5.41) is 13.4. The van der Waals surface area contributed by atoms with E-state index < -0.39 is 47.6 Å². The summed E-state index contributed by atoms with van der Waals surface area (Å²) < 4.78 is 65.8. The number of amides is 1. The van der Waals surface area contributed by atoms with Gasteiger partial charge in [0, 0.05) is 24.4 Å². The Morgan fingerprint density at radius 2 is 2.08 bits per heavy atom. The second-order valence-electron chi connectivity index (χ2n) is 5.18. The van der Waals surface area contributed by atoms with Gasteiger partial charge in [0.25, 0.3) is 0 Å². The maximum absolute atomic E-state index is 12.4. The number of benzene rings is 1. The van der Waals surface area contributed by atoms with E-state index in [2.05, 4.69) is 10.1 Å². The number of nitrogens with one attached hydrogen (secondary N) is 1. The van der Waals surface area contributed by atoms with Crippen molar-refractivity contribution in [3.63, 3.8) is 0 Å². The van der Waals surface area contributed by atoms with E-state index in [0.29, 0.717) is 4.90 Å². The molecule has 1 heterocycles. The van der Waals surface area contributed by atoms with Crippen molar-refractivity contribution in [3.8, 4) is 5.75 Å². The first-order valence-electron chi connectivity index (χ1n) is 6.92. The molecule has 0 aliphatic carbocycles. The Morgan fingerprint density at radius 3 is 2.64 bits per heavy atom. The molecule has 25 heavy (non-hydrogen) atoms. The summed E-state index contributed by atoms with van der Waals surface area (Å²) in [7, 11) is 0. The quantitative estimate of drug-likeness (QED) is 0.474. The molecule has 0 radical (unpaired) electrons. The first kappa shape index (κ1) is 18.7. The molecule has 12 heteroatoms. The number of carbonyl (C=O) groups is 1. The summed E-state index contributed by atoms with van der Waals surface area (Å²) in [6, 6.07) is 1.94. The van der Waals surface area contributed by atoms with Gasteiger partial charge in [-0.1, -0.05) is 0 Å². The molecule has 1 atom stereocenters. The summed E-state index contributed by atoms with van der Waals surface area (Å²) in [6.07, 6.45) is -4.47. The molecule has 1 aromatic carbocycles. The van der Waals surface area contributed by atoms with Crippen LogP contribution < -0.4 is 10.1 Å². The van der Waals surface area contributed by atoms with Crippen LogP contribution in [0.2, 0.25) is 0 Å². The highest BCUT2D eigenvalue weighted by atomic mass is 19.4. The van der Waals surface area contributed by atoms with Crippen molar-refractivity contribution in [2.75, 3.05) is 18.4 Å². The van der Waals surface area contributed by atoms with Crippen LogP contribution in [0.15, 0.2) is 18.2 Å². The van der Waals surface area contributed by atoms with Gasteiger partial charge in [-0.15, -0.1) is 0 Å². The predicted octanol–water partition coefficient (Wildman–Crippen LogP) is 2.77. The fourth-order valence-electron chi connectivity index (χ4n) is 2.39. The maximum Gasteiger partial charge on any atom is 0.406 e. The standard InChI is InChI=1S/C13H12F5N3O4/c14-12(15)25-10-5-7(1-2-9(10)21(23)24)19-8-3-4-20(11(8)22)6-13(16,17)18/h1-2,5,8,12,19H,3-4,6H2. The van der Waals surface area contributed by atoms with Crippen molar-refractivity contribution in [1.29, 1.82) is 0 Å². The van der Waals surface area contributed by atoms with Crippen molar-refractivity contribution >= 4 is 17.3 Å². The molecule has 1 saturated heterocycles. The molecular weight excluding hydrogens is 357 g/mol. The summed E-state index contributed by atoms with van der Waals surface area (Å²) in [4.78, 5) is 22.4. The van der Waals surface area contributed by atoms with Crippen LogP contribution >= 0.6 is 0 Å². The monoisotopic (exact) mass is 369 g/mol. The van der Waals surface area contributed by atoms with Crippen molar-refractivity contribution in [1.82, 2.24) is 4.90 Å². The third-order valence-electron chi connectivity index (χ3n) is 3.38.